The number of nitrogens with zero attached hydrogens (tertiary/aromatic N) is 1. The van der Waals surface area contributed by atoms with Gasteiger partial charge in [0.15, 0.2) is 12.0 Å². The van der Waals surface area contributed by atoms with Crippen LogP contribution in [0.5, 0.6) is 5.75 Å². The molecule has 2 aromatic carbocycles. The number of esters is 1. The lowest BCUT2D eigenvalue weighted by molar-refractivity contribution is -0.197. The van der Waals surface area contributed by atoms with E-state index in [1.54, 1.807) is 35.3 Å². The van der Waals surface area contributed by atoms with Gasteiger partial charge in [0.2, 0.25) is 11.9 Å². The van der Waals surface area contributed by atoms with Gasteiger partial charge in [0.1, 0.15) is 17.6 Å². The Hall–Kier alpha value is -4.14. The maximum Gasteiger partial charge on any atom is 0.460 e. The lowest BCUT2D eigenvalue weighted by Crippen LogP contribution is -2.40. The van der Waals surface area contributed by atoms with Crippen molar-refractivity contribution < 1.29 is 50.5 Å². The number of ether oxygens (including phenoxy) is 2. The van der Waals surface area contributed by atoms with Gasteiger partial charge in [-0.25, -0.2) is 9.36 Å². The molecule has 0 aliphatic carbocycles. The lowest BCUT2D eigenvalue weighted by atomic mass is 10.1. The van der Waals surface area contributed by atoms with E-state index in [4.69, 9.17) is 18.5 Å². The minimum atomic E-state index is -5.42. The lowest BCUT2D eigenvalue weighted by Gasteiger charge is -2.29. The van der Waals surface area contributed by atoms with Crippen LogP contribution < -0.4 is 20.9 Å². The molecule has 0 amide bonds. The summed E-state index contributed by atoms with van der Waals surface area (Å²) in [5, 5.41) is 13.6. The first-order valence-electron chi connectivity index (χ1n) is 14.2. The number of halogens is 4. The number of hydrogen-bond donors (Lipinski definition) is 3. The maximum atomic E-state index is 14.6. The van der Waals surface area contributed by atoms with Crippen molar-refractivity contribution in [1.29, 1.82) is 0 Å². The summed E-state index contributed by atoms with van der Waals surface area (Å²) in [6, 6.07) is 9.53. The van der Waals surface area contributed by atoms with Gasteiger partial charge < -0.3 is 19.1 Å². The monoisotopic (exact) mass is 673 g/mol. The smallest absolute Gasteiger partial charge is 0.460 e. The number of aliphatic hydroxyl groups is 1. The largest absolute Gasteiger partial charge is 0.508 e. The van der Waals surface area contributed by atoms with Crippen LogP contribution in [0.3, 0.4) is 0 Å². The summed E-state index contributed by atoms with van der Waals surface area (Å²) in [5.74, 6) is -4.90. The first-order chi connectivity index (χ1) is 21.7. The van der Waals surface area contributed by atoms with Gasteiger partial charge in [-0.1, -0.05) is 63.1 Å². The van der Waals surface area contributed by atoms with E-state index in [1.807, 2.05) is 13.8 Å². The Labute approximate surface area is 259 Å². The maximum absolute atomic E-state index is 14.6. The summed E-state index contributed by atoms with van der Waals surface area (Å²) in [4.78, 5) is 38.0. The Morgan fingerprint density at radius 1 is 1.17 bits per heavy atom. The molecule has 1 aliphatic rings. The minimum Gasteiger partial charge on any atom is -0.508 e. The standard InChI is InChI=1S/C29H32F4N3O9P/c1-4-17(5-2)15-42-27(39)16(3)35-46(41,44-22-12-8-10-18-9-6-7-11-19(18)22)45-25(29(31,32)33)24-21(37)13-23(43-24)36-14-20(30)26(38)34-28(36)40/h6-12,14,16-17,23,25,37H,4-5,13,15H2,1-3H3,(H,35,41)(H,34,38,40)/t16-,23+,25-,46-/m0/s1. The van der Waals surface area contributed by atoms with Crippen molar-refractivity contribution in [1.82, 2.24) is 14.6 Å². The highest BCUT2D eigenvalue weighted by atomic mass is 31.2. The van der Waals surface area contributed by atoms with Crippen LogP contribution in [0.15, 0.2) is 69.8 Å². The fourth-order valence-corrected chi connectivity index (χ4v) is 6.23. The molecular formula is C29H32F4N3O9P. The number of aliphatic hydroxyl groups excluding tert-OH is 1. The molecule has 0 radical (unpaired) electrons. The fraction of sp³-hybridized carbons (Fsp3) is 0.414. The second-order valence-electron chi connectivity index (χ2n) is 10.5. The van der Waals surface area contributed by atoms with E-state index in [1.165, 1.54) is 19.1 Å². The van der Waals surface area contributed by atoms with Gasteiger partial charge >= 0.3 is 25.6 Å². The van der Waals surface area contributed by atoms with Crippen LogP contribution in [0.4, 0.5) is 17.6 Å². The predicted octanol–water partition coefficient (Wildman–Crippen LogP) is 5.61. The zero-order valence-corrected chi connectivity index (χ0v) is 25.8. The zero-order valence-electron chi connectivity index (χ0n) is 24.9. The first-order valence-corrected chi connectivity index (χ1v) is 15.8. The molecule has 2 heterocycles. The Morgan fingerprint density at radius 2 is 1.85 bits per heavy atom. The first kappa shape index (κ1) is 34.7. The molecule has 0 bridgehead atoms. The molecule has 1 aliphatic heterocycles. The SMILES string of the molecule is CCC(CC)COC(=O)[C@H](C)N[P@](=O)(Oc1cccc2ccccc12)O[C@@H](C1=C(O)C[C@H](n2cc(F)c(=O)[nH]c2=O)O1)C(F)(F)F. The van der Waals surface area contributed by atoms with E-state index in [2.05, 4.69) is 5.09 Å². The summed E-state index contributed by atoms with van der Waals surface area (Å²) in [6.45, 7) is 4.99. The normalized spacial score (nSPS) is 17.9. The number of carbonyl (C=O) groups excluding carboxylic acids is 1. The molecule has 12 nitrogen and oxygen atoms in total. The number of hydrogen-bond acceptors (Lipinski definition) is 9. The molecule has 4 rings (SSSR count). The van der Waals surface area contributed by atoms with Gasteiger partial charge in [0.25, 0.3) is 5.56 Å². The summed E-state index contributed by atoms with van der Waals surface area (Å²) >= 11 is 0. The summed E-state index contributed by atoms with van der Waals surface area (Å²) in [7, 11) is -5.24. The van der Waals surface area contributed by atoms with Crippen molar-refractivity contribution in [3.8, 4) is 5.75 Å². The molecule has 17 heteroatoms. The molecule has 250 valence electrons. The topological polar surface area (TPSA) is 158 Å². The van der Waals surface area contributed by atoms with Gasteiger partial charge in [-0.3, -0.25) is 23.7 Å². The molecule has 1 aromatic heterocycles. The number of fused-ring (bicyclic) bond motifs is 1. The Bertz CT molecular complexity index is 1770. The van der Waals surface area contributed by atoms with Crippen molar-refractivity contribution in [3.05, 3.63) is 86.8 Å². The second-order valence-corrected chi connectivity index (χ2v) is 12.1. The van der Waals surface area contributed by atoms with Crippen molar-refractivity contribution >= 4 is 24.5 Å². The highest BCUT2D eigenvalue weighted by Gasteiger charge is 2.53. The number of nitrogens with one attached hydrogen (secondary N) is 2. The highest BCUT2D eigenvalue weighted by Crippen LogP contribution is 2.52. The van der Waals surface area contributed by atoms with Gasteiger partial charge in [0, 0.05) is 5.39 Å². The summed E-state index contributed by atoms with van der Waals surface area (Å²) in [5.41, 5.74) is -2.61. The van der Waals surface area contributed by atoms with Crippen LogP contribution in [0.2, 0.25) is 0 Å². The Balaban J connectivity index is 1.69. The average molecular weight is 674 g/mol. The van der Waals surface area contributed by atoms with Crippen LogP contribution in [-0.2, 0) is 23.4 Å². The van der Waals surface area contributed by atoms with Crippen LogP contribution >= 0.6 is 7.75 Å². The number of H-pyrrole nitrogens is 1. The highest BCUT2D eigenvalue weighted by molar-refractivity contribution is 7.52. The van der Waals surface area contributed by atoms with Crippen LogP contribution in [-0.4, -0.2) is 45.6 Å². The quantitative estimate of drug-likeness (QED) is 0.118. The van der Waals surface area contributed by atoms with E-state index in [-0.39, 0.29) is 18.3 Å². The van der Waals surface area contributed by atoms with Crippen molar-refractivity contribution in [3.63, 3.8) is 0 Å². The number of rotatable bonds is 13. The summed E-state index contributed by atoms with van der Waals surface area (Å²) < 4.78 is 93.4. The van der Waals surface area contributed by atoms with Crippen LogP contribution in [0, 0.1) is 11.7 Å². The average Bonchev–Trinajstić information content (AvgIpc) is 3.38. The molecule has 0 saturated carbocycles. The molecule has 0 fully saturated rings. The third kappa shape index (κ3) is 7.98. The minimum absolute atomic E-state index is 0.0130. The predicted molar refractivity (Wildman–Crippen MR) is 156 cm³/mol. The number of carbonyl (C=O) groups is 1. The van der Waals surface area contributed by atoms with Crippen LogP contribution in [0.25, 0.3) is 10.8 Å². The summed E-state index contributed by atoms with van der Waals surface area (Å²) in [6.07, 6.45) is -9.43. The van der Waals surface area contributed by atoms with Crippen molar-refractivity contribution in [2.24, 2.45) is 5.92 Å². The third-order valence-electron chi connectivity index (χ3n) is 7.22. The van der Waals surface area contributed by atoms with E-state index in [9.17, 15) is 41.6 Å². The number of alkyl halides is 3. The molecule has 0 spiro atoms. The molecule has 3 N–H and O–H groups in total. The number of aromatic amines is 1. The van der Waals surface area contributed by atoms with Crippen LogP contribution in [0.1, 0.15) is 46.3 Å². The van der Waals surface area contributed by atoms with E-state index >= 15 is 0 Å². The molecule has 0 saturated heterocycles. The molecule has 46 heavy (non-hydrogen) atoms. The molecule has 4 atom stereocenters. The molecular weight excluding hydrogens is 641 g/mol. The Kier molecular flexibility index (Phi) is 10.6. The van der Waals surface area contributed by atoms with Gasteiger partial charge in [-0.15, -0.1) is 0 Å². The van der Waals surface area contributed by atoms with Crippen molar-refractivity contribution in [2.45, 2.75) is 64.6 Å². The van der Waals surface area contributed by atoms with E-state index < -0.39 is 73.3 Å². The second kappa shape index (κ2) is 14.1. The van der Waals surface area contributed by atoms with Gasteiger partial charge in [-0.05, 0) is 24.3 Å². The third-order valence-corrected chi connectivity index (χ3v) is 8.85. The van der Waals surface area contributed by atoms with Gasteiger partial charge in [-0.2, -0.15) is 22.6 Å². The molecule has 3 aromatic rings. The van der Waals surface area contributed by atoms with Crippen molar-refractivity contribution in [2.75, 3.05) is 6.61 Å². The zero-order chi connectivity index (χ0) is 33.8. The van der Waals surface area contributed by atoms with E-state index in [0.29, 0.717) is 34.4 Å². The van der Waals surface area contributed by atoms with Gasteiger partial charge in [0.05, 0.1) is 19.2 Å². The number of aromatic nitrogens is 2. The van der Waals surface area contributed by atoms with E-state index in [0.717, 1.165) is 0 Å². The molecule has 0 unspecified atom stereocenters. The Morgan fingerprint density at radius 3 is 2.52 bits per heavy atom. The number of benzene rings is 2. The fourth-order valence-electron chi connectivity index (χ4n) is 4.58.